The van der Waals surface area contributed by atoms with Crippen molar-refractivity contribution in [3.8, 4) is 0 Å². The molecular formula is C21H21ClF3N3O6S. The van der Waals surface area contributed by atoms with Crippen LogP contribution in [0.25, 0.3) is 10.8 Å². The highest BCUT2D eigenvalue weighted by atomic mass is 35.5. The number of morpholine rings is 1. The van der Waals surface area contributed by atoms with E-state index in [1.54, 1.807) is 24.3 Å². The Labute approximate surface area is 203 Å². The molecular weight excluding hydrogens is 515 g/mol. The van der Waals surface area contributed by atoms with Gasteiger partial charge < -0.3 is 19.7 Å². The normalized spacial score (nSPS) is 22.2. The average molecular weight is 536 g/mol. The molecule has 0 aliphatic carbocycles. The number of benzene rings is 2. The zero-order valence-corrected chi connectivity index (χ0v) is 19.7. The first kappa shape index (κ1) is 25.6. The molecule has 2 heterocycles. The molecule has 0 bridgehead atoms. The van der Waals surface area contributed by atoms with E-state index in [-0.39, 0.29) is 37.7 Å². The van der Waals surface area contributed by atoms with Gasteiger partial charge in [0.2, 0.25) is 22.2 Å². The molecule has 14 heteroatoms. The molecule has 2 aliphatic heterocycles. The molecule has 35 heavy (non-hydrogen) atoms. The summed E-state index contributed by atoms with van der Waals surface area (Å²) in [5, 5.41) is 4.93. The highest BCUT2D eigenvalue weighted by molar-refractivity contribution is 7.89. The standard InChI is InChI=1S/C21H21ClF3N3O6S/c22-15-3-1-14-10-16(4-2-13(14)9-15)35(31,32)28-6-5-26-17(11-28)19(29)27-7-8-33-18(12-27)34-20(30)21(23,24)25/h1-4,9-10,17-18,26H,5-8,11-12H2. The Kier molecular flexibility index (Phi) is 7.25. The zero-order valence-electron chi connectivity index (χ0n) is 18.1. The minimum atomic E-state index is -5.19. The summed E-state index contributed by atoms with van der Waals surface area (Å²) in [7, 11) is -3.93. The zero-order chi connectivity index (χ0) is 25.4. The topological polar surface area (TPSA) is 105 Å². The molecule has 2 saturated heterocycles. The molecule has 1 N–H and O–H groups in total. The van der Waals surface area contributed by atoms with Crippen molar-refractivity contribution in [1.82, 2.24) is 14.5 Å². The monoisotopic (exact) mass is 535 g/mol. The van der Waals surface area contributed by atoms with Crippen LogP contribution in [0.1, 0.15) is 0 Å². The number of piperazine rings is 1. The Bertz CT molecular complexity index is 1240. The van der Waals surface area contributed by atoms with Gasteiger partial charge in [0.15, 0.2) is 0 Å². The number of carbonyl (C=O) groups excluding carboxylic acids is 2. The van der Waals surface area contributed by atoms with Gasteiger partial charge in [-0.2, -0.15) is 17.5 Å². The van der Waals surface area contributed by atoms with Gasteiger partial charge in [0, 0.05) is 31.2 Å². The van der Waals surface area contributed by atoms with Gasteiger partial charge in [-0.15, -0.1) is 0 Å². The number of hydrogen-bond acceptors (Lipinski definition) is 7. The fourth-order valence-electron chi connectivity index (χ4n) is 3.91. The van der Waals surface area contributed by atoms with Crippen LogP contribution in [0.15, 0.2) is 41.3 Å². The number of esters is 1. The molecule has 190 valence electrons. The molecule has 2 aromatic carbocycles. The van der Waals surface area contributed by atoms with Crippen LogP contribution < -0.4 is 5.32 Å². The van der Waals surface area contributed by atoms with Crippen LogP contribution in [0.4, 0.5) is 13.2 Å². The lowest BCUT2D eigenvalue weighted by Crippen LogP contribution is -2.61. The van der Waals surface area contributed by atoms with Crippen molar-refractivity contribution < 1.29 is 40.7 Å². The van der Waals surface area contributed by atoms with Crippen LogP contribution in [0, 0.1) is 0 Å². The van der Waals surface area contributed by atoms with Crippen molar-refractivity contribution in [2.24, 2.45) is 0 Å². The van der Waals surface area contributed by atoms with E-state index in [9.17, 15) is 31.2 Å². The molecule has 2 atom stereocenters. The fraction of sp³-hybridized carbons (Fsp3) is 0.429. The molecule has 2 aromatic rings. The summed E-state index contributed by atoms with van der Waals surface area (Å²) in [4.78, 5) is 25.3. The van der Waals surface area contributed by atoms with E-state index < -0.39 is 47.0 Å². The van der Waals surface area contributed by atoms with Crippen LogP contribution in [0.2, 0.25) is 5.02 Å². The van der Waals surface area contributed by atoms with E-state index in [1.165, 1.54) is 21.3 Å². The lowest BCUT2D eigenvalue weighted by Gasteiger charge is -2.38. The van der Waals surface area contributed by atoms with Gasteiger partial charge in [0.1, 0.15) is 6.04 Å². The van der Waals surface area contributed by atoms with Crippen LogP contribution >= 0.6 is 11.6 Å². The summed E-state index contributed by atoms with van der Waals surface area (Å²) in [6, 6.07) is 8.79. The highest BCUT2D eigenvalue weighted by Crippen LogP contribution is 2.25. The summed E-state index contributed by atoms with van der Waals surface area (Å²) < 4.78 is 74.4. The lowest BCUT2D eigenvalue weighted by atomic mass is 10.1. The minimum absolute atomic E-state index is 0.0526. The Balaban J connectivity index is 1.45. The molecule has 9 nitrogen and oxygen atoms in total. The molecule has 0 saturated carbocycles. The number of amides is 1. The first-order chi connectivity index (χ1) is 16.4. The maximum atomic E-state index is 13.3. The predicted octanol–water partition coefficient (Wildman–Crippen LogP) is 1.75. The smallest absolute Gasteiger partial charge is 0.427 e. The second kappa shape index (κ2) is 9.90. The molecule has 2 aliphatic rings. The van der Waals surface area contributed by atoms with Gasteiger partial charge in [-0.1, -0.05) is 23.7 Å². The van der Waals surface area contributed by atoms with Crippen molar-refractivity contribution >= 4 is 44.3 Å². The first-order valence-electron chi connectivity index (χ1n) is 10.6. The third kappa shape index (κ3) is 5.70. The maximum absolute atomic E-state index is 13.3. The summed E-state index contributed by atoms with van der Waals surface area (Å²) in [6.45, 7) is -0.354. The molecule has 0 aromatic heterocycles. The number of nitrogens with zero attached hydrogens (tertiary/aromatic N) is 2. The van der Waals surface area contributed by atoms with E-state index in [4.69, 9.17) is 16.3 Å². The molecule has 1 amide bonds. The maximum Gasteiger partial charge on any atom is 0.491 e. The van der Waals surface area contributed by atoms with Gasteiger partial charge in [-0.3, -0.25) is 4.79 Å². The molecule has 0 spiro atoms. The van der Waals surface area contributed by atoms with Crippen LogP contribution in [0.5, 0.6) is 0 Å². The van der Waals surface area contributed by atoms with Crippen molar-refractivity contribution in [2.45, 2.75) is 23.4 Å². The number of hydrogen-bond donors (Lipinski definition) is 1. The van der Waals surface area contributed by atoms with E-state index >= 15 is 0 Å². The molecule has 2 fully saturated rings. The Morgan fingerprint density at radius 2 is 1.80 bits per heavy atom. The third-order valence-corrected chi connectivity index (χ3v) is 7.76. The first-order valence-corrected chi connectivity index (χ1v) is 12.4. The van der Waals surface area contributed by atoms with Crippen molar-refractivity contribution in [3.63, 3.8) is 0 Å². The number of halogens is 4. The molecule has 4 rings (SSSR count). The summed E-state index contributed by atoms with van der Waals surface area (Å²) in [5.41, 5.74) is 0. The quantitative estimate of drug-likeness (QED) is 0.595. The molecule has 0 radical (unpaired) electrons. The van der Waals surface area contributed by atoms with Gasteiger partial charge in [-0.05, 0) is 35.0 Å². The molecule has 2 unspecified atom stereocenters. The van der Waals surface area contributed by atoms with Crippen LogP contribution in [0.3, 0.4) is 0 Å². The van der Waals surface area contributed by atoms with Crippen molar-refractivity contribution in [2.75, 3.05) is 39.3 Å². The van der Waals surface area contributed by atoms with Crippen molar-refractivity contribution in [1.29, 1.82) is 0 Å². The Morgan fingerprint density at radius 3 is 2.54 bits per heavy atom. The minimum Gasteiger partial charge on any atom is -0.427 e. The van der Waals surface area contributed by atoms with E-state index in [2.05, 4.69) is 10.1 Å². The van der Waals surface area contributed by atoms with E-state index in [0.29, 0.717) is 10.4 Å². The number of nitrogens with one attached hydrogen (secondary N) is 1. The third-order valence-electron chi connectivity index (χ3n) is 5.66. The largest absolute Gasteiger partial charge is 0.491 e. The number of sulfonamides is 1. The second-order valence-electron chi connectivity index (χ2n) is 8.01. The second-order valence-corrected chi connectivity index (χ2v) is 10.4. The fourth-order valence-corrected chi connectivity index (χ4v) is 5.58. The SMILES string of the molecule is O=C(C1CN(S(=O)(=O)c2ccc3cc(Cl)ccc3c2)CCN1)N1CCOC(OC(=O)C(F)(F)F)C1. The van der Waals surface area contributed by atoms with Crippen molar-refractivity contribution in [3.05, 3.63) is 41.4 Å². The van der Waals surface area contributed by atoms with Crippen LogP contribution in [-0.2, 0) is 29.1 Å². The number of rotatable bonds is 4. The van der Waals surface area contributed by atoms with Gasteiger partial charge in [0.25, 0.3) is 0 Å². The number of ether oxygens (including phenoxy) is 2. The van der Waals surface area contributed by atoms with Gasteiger partial charge in [-0.25, -0.2) is 13.2 Å². The Hall–Kier alpha value is -2.45. The van der Waals surface area contributed by atoms with E-state index in [0.717, 1.165) is 5.39 Å². The number of carbonyl (C=O) groups is 2. The summed E-state index contributed by atoms with van der Waals surface area (Å²) >= 11 is 5.98. The van der Waals surface area contributed by atoms with Gasteiger partial charge in [0.05, 0.1) is 18.0 Å². The predicted molar refractivity (Wildman–Crippen MR) is 118 cm³/mol. The van der Waals surface area contributed by atoms with E-state index in [1.807, 2.05) is 0 Å². The number of alkyl halides is 3. The summed E-state index contributed by atoms with van der Waals surface area (Å²) in [5.74, 6) is -2.95. The summed E-state index contributed by atoms with van der Waals surface area (Å²) in [6.07, 6.45) is -6.76. The van der Waals surface area contributed by atoms with Crippen LogP contribution in [-0.4, -0.2) is 87.3 Å². The van der Waals surface area contributed by atoms with Gasteiger partial charge >= 0.3 is 12.1 Å². The average Bonchev–Trinajstić information content (AvgIpc) is 2.82. The Morgan fingerprint density at radius 1 is 1.09 bits per heavy atom. The number of fused-ring (bicyclic) bond motifs is 1. The highest BCUT2D eigenvalue weighted by Gasteiger charge is 2.44. The lowest BCUT2D eigenvalue weighted by molar-refractivity contribution is -0.234.